The zero-order chi connectivity index (χ0) is 27.8. The van der Waals surface area contributed by atoms with E-state index < -0.39 is 5.91 Å². The van der Waals surface area contributed by atoms with Crippen molar-refractivity contribution in [1.29, 1.82) is 0 Å². The molecule has 6 rings (SSSR count). The SMILES string of the molecule is COc1cc2c(cc1C(=O)Nc1cccc(-c3nnnn3[C@H](C)CO)n1)CN(C(=O)c1cnn(C3CC3)c1)CC2. The highest BCUT2D eigenvalue weighted by molar-refractivity contribution is 6.06. The Morgan fingerprint density at radius 2 is 2.08 bits per heavy atom. The number of methoxy groups -OCH3 is 1. The van der Waals surface area contributed by atoms with Crippen molar-refractivity contribution in [3.05, 3.63) is 65.0 Å². The molecule has 1 fully saturated rings. The lowest BCUT2D eigenvalue weighted by atomic mass is 9.96. The molecule has 1 aliphatic carbocycles. The van der Waals surface area contributed by atoms with E-state index in [1.165, 1.54) is 11.8 Å². The molecule has 2 amide bonds. The lowest BCUT2D eigenvalue weighted by Gasteiger charge is -2.29. The van der Waals surface area contributed by atoms with Gasteiger partial charge in [-0.15, -0.1) is 5.10 Å². The number of hydrogen-bond donors (Lipinski definition) is 2. The van der Waals surface area contributed by atoms with Gasteiger partial charge in [-0.1, -0.05) is 6.07 Å². The van der Waals surface area contributed by atoms with E-state index in [1.807, 2.05) is 16.9 Å². The molecule has 4 aromatic rings. The lowest BCUT2D eigenvalue weighted by Crippen LogP contribution is -2.36. The Morgan fingerprint density at radius 1 is 1.23 bits per heavy atom. The fourth-order valence-electron chi connectivity index (χ4n) is 4.83. The maximum Gasteiger partial charge on any atom is 0.260 e. The monoisotopic (exact) mass is 543 g/mol. The summed E-state index contributed by atoms with van der Waals surface area (Å²) in [5.41, 5.74) is 3.28. The average Bonchev–Trinajstić information content (AvgIpc) is 3.50. The summed E-state index contributed by atoms with van der Waals surface area (Å²) in [4.78, 5) is 32.9. The molecule has 0 unspecified atom stereocenters. The van der Waals surface area contributed by atoms with Crippen molar-refractivity contribution in [2.24, 2.45) is 0 Å². The Hall–Kier alpha value is -4.65. The van der Waals surface area contributed by atoms with E-state index in [2.05, 4.69) is 30.9 Å². The summed E-state index contributed by atoms with van der Waals surface area (Å²) in [6.07, 6.45) is 6.31. The lowest BCUT2D eigenvalue weighted by molar-refractivity contribution is 0.0734. The van der Waals surface area contributed by atoms with E-state index in [9.17, 15) is 14.7 Å². The number of aromatic nitrogens is 7. The van der Waals surface area contributed by atoms with Gasteiger partial charge in [0, 0.05) is 19.3 Å². The zero-order valence-corrected chi connectivity index (χ0v) is 22.2. The fourth-order valence-corrected chi connectivity index (χ4v) is 4.83. The van der Waals surface area contributed by atoms with Crippen LogP contribution < -0.4 is 10.1 Å². The Labute approximate surface area is 229 Å². The molecule has 40 heavy (non-hydrogen) atoms. The predicted octanol–water partition coefficient (Wildman–Crippen LogP) is 2.28. The number of fused-ring (bicyclic) bond motifs is 1. The quantitative estimate of drug-likeness (QED) is 0.341. The summed E-state index contributed by atoms with van der Waals surface area (Å²) in [5.74, 6) is 0.646. The van der Waals surface area contributed by atoms with Crippen molar-refractivity contribution in [3.8, 4) is 17.3 Å². The van der Waals surface area contributed by atoms with Crippen LogP contribution in [0.15, 0.2) is 42.7 Å². The number of nitrogens with zero attached hydrogens (tertiary/aromatic N) is 8. The first-order valence-electron chi connectivity index (χ1n) is 13.2. The summed E-state index contributed by atoms with van der Waals surface area (Å²) < 4.78 is 8.90. The van der Waals surface area contributed by atoms with E-state index in [-0.39, 0.29) is 18.6 Å². The zero-order valence-electron chi connectivity index (χ0n) is 22.2. The van der Waals surface area contributed by atoms with Crippen LogP contribution in [-0.2, 0) is 13.0 Å². The van der Waals surface area contributed by atoms with Crippen LogP contribution in [0.2, 0.25) is 0 Å². The second-order valence-corrected chi connectivity index (χ2v) is 10.1. The van der Waals surface area contributed by atoms with Crippen molar-refractivity contribution in [2.75, 3.05) is 25.6 Å². The Bertz CT molecular complexity index is 1580. The number of amides is 2. The van der Waals surface area contributed by atoms with Crippen LogP contribution in [0.25, 0.3) is 11.5 Å². The highest BCUT2D eigenvalue weighted by Crippen LogP contribution is 2.34. The van der Waals surface area contributed by atoms with Crippen molar-refractivity contribution in [3.63, 3.8) is 0 Å². The van der Waals surface area contributed by atoms with Gasteiger partial charge in [-0.2, -0.15) is 5.10 Å². The second-order valence-electron chi connectivity index (χ2n) is 10.1. The maximum atomic E-state index is 13.4. The van der Waals surface area contributed by atoms with Crippen LogP contribution in [0.3, 0.4) is 0 Å². The molecule has 3 aromatic heterocycles. The minimum atomic E-state index is -0.401. The summed E-state index contributed by atoms with van der Waals surface area (Å²) >= 11 is 0. The Morgan fingerprint density at radius 3 is 2.85 bits per heavy atom. The van der Waals surface area contributed by atoms with Gasteiger partial charge in [-0.25, -0.2) is 9.67 Å². The van der Waals surface area contributed by atoms with Crippen LogP contribution >= 0.6 is 0 Å². The first kappa shape index (κ1) is 25.6. The Kier molecular flexibility index (Phi) is 6.72. The van der Waals surface area contributed by atoms with Crippen molar-refractivity contribution < 1.29 is 19.4 Å². The first-order chi connectivity index (χ1) is 19.4. The summed E-state index contributed by atoms with van der Waals surface area (Å²) in [7, 11) is 1.52. The number of tetrazole rings is 1. The number of ether oxygens (including phenoxy) is 1. The first-order valence-corrected chi connectivity index (χ1v) is 13.2. The van der Waals surface area contributed by atoms with Crippen LogP contribution in [-0.4, -0.2) is 77.1 Å². The number of carbonyl (C=O) groups is 2. The molecule has 1 atom stereocenters. The van der Waals surface area contributed by atoms with Gasteiger partial charge in [0.25, 0.3) is 11.8 Å². The normalized spacial score (nSPS) is 15.4. The molecule has 0 saturated heterocycles. The molecule has 206 valence electrons. The molecule has 0 spiro atoms. The number of nitrogens with one attached hydrogen (secondary N) is 1. The third-order valence-electron chi connectivity index (χ3n) is 7.23. The molecule has 4 heterocycles. The molecule has 2 aliphatic rings. The van der Waals surface area contributed by atoms with Gasteiger partial charge >= 0.3 is 0 Å². The van der Waals surface area contributed by atoms with E-state index in [0.29, 0.717) is 59.8 Å². The number of aliphatic hydroxyl groups is 1. The van der Waals surface area contributed by atoms with Gasteiger partial charge in [0.2, 0.25) is 5.82 Å². The third kappa shape index (κ3) is 4.91. The molecule has 13 nitrogen and oxygen atoms in total. The topological polar surface area (TPSA) is 153 Å². The summed E-state index contributed by atoms with van der Waals surface area (Å²) in [5, 5.41) is 28.3. The van der Waals surface area contributed by atoms with Crippen LogP contribution in [0.4, 0.5) is 5.82 Å². The number of anilines is 1. The highest BCUT2D eigenvalue weighted by atomic mass is 16.5. The average molecular weight is 544 g/mol. The van der Waals surface area contributed by atoms with E-state index in [4.69, 9.17) is 4.74 Å². The smallest absolute Gasteiger partial charge is 0.260 e. The highest BCUT2D eigenvalue weighted by Gasteiger charge is 2.28. The van der Waals surface area contributed by atoms with Gasteiger partial charge in [-0.05, 0) is 72.0 Å². The van der Waals surface area contributed by atoms with Gasteiger partial charge in [-0.3, -0.25) is 14.3 Å². The van der Waals surface area contributed by atoms with Gasteiger partial charge in [0.05, 0.1) is 43.1 Å². The number of benzene rings is 1. The predicted molar refractivity (Wildman–Crippen MR) is 143 cm³/mol. The van der Waals surface area contributed by atoms with Crippen molar-refractivity contribution in [2.45, 2.75) is 44.8 Å². The van der Waals surface area contributed by atoms with E-state index >= 15 is 0 Å². The van der Waals surface area contributed by atoms with E-state index in [1.54, 1.807) is 42.3 Å². The molecule has 1 aromatic carbocycles. The largest absolute Gasteiger partial charge is 0.496 e. The molecule has 1 aliphatic heterocycles. The molecule has 1 saturated carbocycles. The minimum absolute atomic E-state index is 0.0711. The molecule has 0 radical (unpaired) electrons. The van der Waals surface area contributed by atoms with E-state index in [0.717, 1.165) is 24.0 Å². The maximum absolute atomic E-state index is 13.4. The molecule has 0 bridgehead atoms. The van der Waals surface area contributed by atoms with Crippen molar-refractivity contribution >= 4 is 17.6 Å². The molecule has 2 N–H and O–H groups in total. The standard InChI is InChI=1S/C27H29N9O4/c1-16(15-37)36-25(31-32-33-36)22-4-3-5-24(29-22)30-26(38)21-10-18-13-34(9-8-17(18)11-23(21)40-2)27(39)19-12-28-35(14-19)20-6-7-20/h3-5,10-12,14,16,20,37H,6-9,13,15H2,1-2H3,(H,29,30,38)/t16-/m1/s1. The van der Waals surface area contributed by atoms with Crippen LogP contribution in [0, 0.1) is 0 Å². The number of pyridine rings is 1. The Balaban J connectivity index is 1.22. The van der Waals surface area contributed by atoms with Gasteiger partial charge < -0.3 is 20.1 Å². The second kappa shape index (κ2) is 10.5. The molecule has 13 heteroatoms. The minimum Gasteiger partial charge on any atom is -0.496 e. The third-order valence-corrected chi connectivity index (χ3v) is 7.23. The van der Waals surface area contributed by atoms with Gasteiger partial charge in [0.1, 0.15) is 17.3 Å². The number of hydrogen-bond acceptors (Lipinski definition) is 9. The van der Waals surface area contributed by atoms with Crippen LogP contribution in [0.5, 0.6) is 5.75 Å². The van der Waals surface area contributed by atoms with Gasteiger partial charge in [0.15, 0.2) is 0 Å². The molecular formula is C27H29N9O4. The molecular weight excluding hydrogens is 514 g/mol. The number of aliphatic hydroxyl groups excluding tert-OH is 1. The number of rotatable bonds is 8. The number of carbonyl (C=O) groups excluding carboxylic acids is 2. The van der Waals surface area contributed by atoms with Crippen molar-refractivity contribution in [1.82, 2.24) is 39.9 Å². The van der Waals surface area contributed by atoms with Crippen LogP contribution in [0.1, 0.15) is 63.7 Å². The summed E-state index contributed by atoms with van der Waals surface area (Å²) in [6.45, 7) is 2.59. The fraction of sp³-hybridized carbons (Fsp3) is 0.370. The summed E-state index contributed by atoms with van der Waals surface area (Å²) in [6, 6.07) is 8.84.